The Labute approximate surface area is 464 Å². The van der Waals surface area contributed by atoms with Crippen molar-refractivity contribution in [1.82, 2.24) is 51.7 Å². The molecule has 4 aromatic rings. The summed E-state index contributed by atoms with van der Waals surface area (Å²) in [6.45, 7) is -0.844. The van der Waals surface area contributed by atoms with Gasteiger partial charge in [0.25, 0.3) is 17.4 Å². The third-order valence-corrected chi connectivity index (χ3v) is 14.5. The number of benzene rings is 2. The maximum absolute atomic E-state index is 15.4. The van der Waals surface area contributed by atoms with Crippen LogP contribution in [0.1, 0.15) is 77.6 Å². The first kappa shape index (κ1) is 58.9. The molecule has 0 saturated carbocycles. The molecular weight excluding hydrogens is 1080 g/mol. The van der Waals surface area contributed by atoms with Gasteiger partial charge in [-0.15, -0.1) is 0 Å². The van der Waals surface area contributed by atoms with E-state index < -0.39 is 159 Å². The van der Waals surface area contributed by atoms with Crippen LogP contribution in [-0.4, -0.2) is 153 Å². The molecule has 5 atom stereocenters. The molecule has 0 saturated heterocycles. The van der Waals surface area contributed by atoms with Crippen molar-refractivity contribution in [3.8, 4) is 11.4 Å². The number of esters is 1. The number of aromatic nitrogens is 2. The number of pyridine rings is 2. The molecule has 1 aliphatic carbocycles. The fraction of sp³-hybridized carbons (Fsp3) is 0.389. The molecule has 8 rings (SSSR count). The van der Waals surface area contributed by atoms with Crippen LogP contribution in [0.15, 0.2) is 59.4 Å². The van der Waals surface area contributed by atoms with Crippen molar-refractivity contribution in [2.75, 3.05) is 39.5 Å². The predicted molar refractivity (Wildman–Crippen MR) is 280 cm³/mol. The van der Waals surface area contributed by atoms with Crippen molar-refractivity contribution in [1.29, 1.82) is 0 Å². The van der Waals surface area contributed by atoms with Crippen LogP contribution >= 0.6 is 0 Å². The van der Waals surface area contributed by atoms with Crippen LogP contribution in [0.2, 0.25) is 0 Å². The molecule has 82 heavy (non-hydrogen) atoms. The zero-order valence-corrected chi connectivity index (χ0v) is 44.2. The largest absolute Gasteiger partial charge is 0.481 e. The summed E-state index contributed by atoms with van der Waals surface area (Å²) in [6, 6.07) is 6.18. The Morgan fingerprint density at radius 3 is 2.22 bits per heavy atom. The van der Waals surface area contributed by atoms with Crippen molar-refractivity contribution in [2.45, 2.75) is 95.3 Å². The van der Waals surface area contributed by atoms with E-state index in [0.717, 1.165) is 12.2 Å². The number of carboxylic acid groups (broad SMARTS) is 2. The van der Waals surface area contributed by atoms with Gasteiger partial charge in [-0.1, -0.05) is 37.3 Å². The molecule has 0 bridgehead atoms. The number of aryl methyl sites for hydroxylation is 1. The quantitative estimate of drug-likeness (QED) is 0.0131. The lowest BCUT2D eigenvalue weighted by Gasteiger charge is -2.31. The summed E-state index contributed by atoms with van der Waals surface area (Å²) in [6.07, 6.45) is 1.37. The molecule has 2 aromatic heterocycles. The van der Waals surface area contributed by atoms with Gasteiger partial charge in [0.15, 0.2) is 5.60 Å². The van der Waals surface area contributed by atoms with Crippen LogP contribution < -0.4 is 42.8 Å². The van der Waals surface area contributed by atoms with Gasteiger partial charge in [0.2, 0.25) is 35.4 Å². The number of aliphatic carboxylic acids is 2. The van der Waals surface area contributed by atoms with E-state index in [1.54, 1.807) is 50.2 Å². The van der Waals surface area contributed by atoms with Gasteiger partial charge in [0.05, 0.1) is 54.7 Å². The molecular formula is C54H57FN10O17. The topological polar surface area (TPSA) is 389 Å². The summed E-state index contributed by atoms with van der Waals surface area (Å²) in [5, 5.41) is 47.7. The van der Waals surface area contributed by atoms with Gasteiger partial charge >= 0.3 is 17.9 Å². The number of fused-ring (bicyclic) bond motifs is 5. The average molecular weight is 1140 g/mol. The van der Waals surface area contributed by atoms with Gasteiger partial charge in [-0.2, -0.15) is 0 Å². The third-order valence-electron chi connectivity index (χ3n) is 14.5. The summed E-state index contributed by atoms with van der Waals surface area (Å²) < 4.78 is 27.5. The number of nitrogens with one attached hydrogen (secondary N) is 7. The van der Waals surface area contributed by atoms with E-state index in [1.807, 2.05) is 0 Å². The number of hydrogen-bond acceptors (Lipinski definition) is 17. The number of hydrogen-bond donors (Lipinski definition) is 10. The van der Waals surface area contributed by atoms with Gasteiger partial charge in [-0.3, -0.25) is 57.6 Å². The molecule has 0 radical (unpaired) electrons. The van der Waals surface area contributed by atoms with E-state index in [1.165, 1.54) is 10.6 Å². The molecule has 27 nitrogen and oxygen atoms in total. The first-order valence-corrected chi connectivity index (χ1v) is 25.9. The number of amides is 8. The van der Waals surface area contributed by atoms with E-state index in [9.17, 15) is 67.7 Å². The molecule has 4 aliphatic rings. The van der Waals surface area contributed by atoms with Crippen LogP contribution in [-0.2, 0) is 93.8 Å². The summed E-state index contributed by atoms with van der Waals surface area (Å²) in [7, 11) is 0. The van der Waals surface area contributed by atoms with Gasteiger partial charge in [-0.05, 0) is 60.9 Å². The summed E-state index contributed by atoms with van der Waals surface area (Å²) in [5.74, 6) is -11.0. The minimum Gasteiger partial charge on any atom is -0.481 e. The Balaban J connectivity index is 0.829. The number of carboxylic acids is 2. The minimum absolute atomic E-state index is 0.0225. The lowest BCUT2D eigenvalue weighted by molar-refractivity contribution is -0.172. The fourth-order valence-corrected chi connectivity index (χ4v) is 10.2. The van der Waals surface area contributed by atoms with Crippen LogP contribution in [0, 0.1) is 12.7 Å². The minimum atomic E-state index is -2.08. The number of cyclic esters (lactones) is 1. The lowest BCUT2D eigenvalue weighted by atomic mass is 9.81. The number of halogens is 1. The molecule has 432 valence electrons. The molecule has 5 heterocycles. The average Bonchev–Trinajstić information content (AvgIpc) is 1.75. The Morgan fingerprint density at radius 2 is 1.54 bits per heavy atom. The SMILES string of the molecule is CC[C@@]1(O)C(=O)OCc2c1cc1n(c2=O)Cc2c-1nc1cc(F)c(C)c3c1c2[C@@H](NC(=O)COCNC(=O)CNC(=O)[C@H](Cc1ccccc1)NC(=O)CNC(=O)CNC(=O)[C@H](CNC(CCC(=O)O)C(=O)O)N1C(=O)C=CC1=O)CC3. The van der Waals surface area contributed by atoms with Crippen molar-refractivity contribution >= 4 is 76.1 Å². The number of carbonyl (C=O) groups excluding carboxylic acids is 9. The number of rotatable bonds is 25. The normalized spacial score (nSPS) is 17.6. The van der Waals surface area contributed by atoms with Crippen LogP contribution in [0.5, 0.6) is 0 Å². The molecule has 2 aromatic carbocycles. The first-order chi connectivity index (χ1) is 39.1. The Kier molecular flexibility index (Phi) is 18.0. The summed E-state index contributed by atoms with van der Waals surface area (Å²) >= 11 is 0. The molecule has 8 amide bonds. The number of carbonyl (C=O) groups is 11. The second-order valence-corrected chi connectivity index (χ2v) is 19.7. The molecule has 3 aliphatic heterocycles. The zero-order chi connectivity index (χ0) is 59.2. The van der Waals surface area contributed by atoms with Crippen molar-refractivity contribution in [3.05, 3.63) is 110 Å². The molecule has 28 heteroatoms. The molecule has 10 N–H and O–H groups in total. The Hall–Kier alpha value is -9.28. The van der Waals surface area contributed by atoms with E-state index in [-0.39, 0.29) is 42.6 Å². The lowest BCUT2D eigenvalue weighted by Crippen LogP contribution is -2.57. The highest BCUT2D eigenvalue weighted by Gasteiger charge is 2.46. The predicted octanol–water partition coefficient (Wildman–Crippen LogP) is -2.00. The van der Waals surface area contributed by atoms with Crippen LogP contribution in [0.4, 0.5) is 4.39 Å². The second-order valence-electron chi connectivity index (χ2n) is 19.7. The Bertz CT molecular complexity index is 3410. The zero-order valence-electron chi connectivity index (χ0n) is 44.2. The highest BCUT2D eigenvalue weighted by molar-refractivity contribution is 6.15. The van der Waals surface area contributed by atoms with Crippen molar-refractivity contribution < 1.29 is 81.9 Å². The standard InChI is InChI=1S/C54H57FN10O17/c1-3-54(80)31-16-37-48-29(22-64(37)51(76)30(31)23-82-53(54)79)47-33(10-9-28-26(2)32(55)17-35(63-48)46(28)47)61-42(69)24-81-25-60-40(67)20-58-49(74)36(15-27-7-5-4-6-8-27)62-41(68)21-57-39(66)19-59-50(75)38(65-43(70)12-13-44(65)71)18-56-34(52(77)78)11-14-45(72)73/h4-8,12-13,16-17,33-34,36,38,56,80H,3,9-11,14-15,18-25H2,1-2H3,(H,57,66)(H,58,74)(H,59,75)(H,60,67)(H,61,69)(H,62,68)(H,72,73)(H,77,78)/t33-,34?,36-,38-,54-/m0/s1. The maximum atomic E-state index is 15.4. The molecule has 1 unspecified atom stereocenters. The first-order valence-electron chi connectivity index (χ1n) is 25.9. The van der Waals surface area contributed by atoms with E-state index in [2.05, 4.69) is 37.2 Å². The van der Waals surface area contributed by atoms with Crippen LogP contribution in [0.25, 0.3) is 22.3 Å². The number of nitrogens with zero attached hydrogens (tertiary/aromatic N) is 3. The van der Waals surface area contributed by atoms with E-state index in [0.29, 0.717) is 62.3 Å². The Morgan fingerprint density at radius 1 is 0.854 bits per heavy atom. The third kappa shape index (κ3) is 12.7. The highest BCUT2D eigenvalue weighted by Crippen LogP contribution is 2.46. The van der Waals surface area contributed by atoms with Crippen molar-refractivity contribution in [3.63, 3.8) is 0 Å². The maximum Gasteiger partial charge on any atom is 0.343 e. The van der Waals surface area contributed by atoms with Crippen molar-refractivity contribution in [2.24, 2.45) is 0 Å². The molecule has 0 fully saturated rings. The number of aliphatic hydroxyl groups is 1. The summed E-state index contributed by atoms with van der Waals surface area (Å²) in [5.41, 5.74) is 1.48. The van der Waals surface area contributed by atoms with Gasteiger partial charge in [-0.25, -0.2) is 14.2 Å². The monoisotopic (exact) mass is 1140 g/mol. The van der Waals surface area contributed by atoms with Gasteiger partial charge in [0.1, 0.15) is 43.9 Å². The fourth-order valence-electron chi connectivity index (χ4n) is 10.2. The second kappa shape index (κ2) is 25.0. The van der Waals surface area contributed by atoms with E-state index >= 15 is 4.39 Å². The number of ether oxygens (including phenoxy) is 2. The van der Waals surface area contributed by atoms with E-state index in [4.69, 9.17) is 19.6 Å². The van der Waals surface area contributed by atoms with Gasteiger partial charge < -0.3 is 66.6 Å². The number of imide groups is 1. The smallest absolute Gasteiger partial charge is 0.343 e. The summed E-state index contributed by atoms with van der Waals surface area (Å²) in [4.78, 5) is 159. The van der Waals surface area contributed by atoms with Gasteiger partial charge in [0, 0.05) is 54.1 Å². The molecule has 0 spiro atoms. The highest BCUT2D eigenvalue weighted by atomic mass is 19.1. The van der Waals surface area contributed by atoms with Crippen LogP contribution in [0.3, 0.4) is 0 Å².